The molecule has 0 aliphatic heterocycles. The van der Waals surface area contributed by atoms with Gasteiger partial charge in [-0.15, -0.1) is 0 Å². The molecule has 0 fully saturated rings. The zero-order chi connectivity index (χ0) is 23.8. The van der Waals surface area contributed by atoms with Gasteiger partial charge < -0.3 is 14.2 Å². The predicted molar refractivity (Wildman–Crippen MR) is 130 cm³/mol. The molecule has 1 N–H and O–H groups in total. The maximum atomic E-state index is 12.4. The fourth-order valence-corrected chi connectivity index (χ4v) is 3.49. The van der Waals surface area contributed by atoms with Gasteiger partial charge in [0, 0.05) is 9.50 Å². The molecule has 0 heterocycles. The Bertz CT molecular complexity index is 1200. The molecule has 0 atom stereocenters. The van der Waals surface area contributed by atoms with Crippen molar-refractivity contribution in [2.24, 2.45) is 5.10 Å². The average molecular weight is 552 g/mol. The summed E-state index contributed by atoms with van der Waals surface area (Å²) < 4.78 is 16.7. The second-order valence-corrected chi connectivity index (χ2v) is 8.13. The third-order valence-corrected chi connectivity index (χ3v) is 5.36. The van der Waals surface area contributed by atoms with Crippen molar-refractivity contribution in [2.75, 3.05) is 13.7 Å². The Morgan fingerprint density at radius 1 is 1.03 bits per heavy atom. The lowest BCUT2D eigenvalue weighted by atomic mass is 10.2. The van der Waals surface area contributed by atoms with Crippen LogP contribution in [0.4, 0.5) is 0 Å². The van der Waals surface area contributed by atoms with Crippen LogP contribution in [-0.2, 0) is 4.79 Å². The van der Waals surface area contributed by atoms with E-state index in [-0.39, 0.29) is 12.4 Å². The number of hydrogen-bond acceptors (Lipinski definition) is 6. The van der Waals surface area contributed by atoms with Gasteiger partial charge in [0.25, 0.3) is 5.91 Å². The van der Waals surface area contributed by atoms with Gasteiger partial charge in [-0.25, -0.2) is 10.2 Å². The first-order valence-electron chi connectivity index (χ1n) is 9.42. The van der Waals surface area contributed by atoms with Gasteiger partial charge in [0.2, 0.25) is 0 Å². The molecule has 0 saturated carbocycles. The van der Waals surface area contributed by atoms with Gasteiger partial charge in [-0.2, -0.15) is 5.10 Å². The van der Waals surface area contributed by atoms with Crippen molar-refractivity contribution >= 4 is 57.2 Å². The summed E-state index contributed by atoms with van der Waals surface area (Å²) in [4.78, 5) is 24.4. The van der Waals surface area contributed by atoms with Crippen LogP contribution in [0, 0.1) is 0 Å². The standard InChI is InChI=1S/C23H17BrCl2N2O5/c1-31-21-10-14(6-8-20(21)33-23(30)16-4-2-3-5-17(16)24)12-27-28-22(29)13-32-19-9-7-15(25)11-18(19)26/h2-12H,13H2,1H3,(H,28,29)/b27-12-. The van der Waals surface area contributed by atoms with Crippen molar-refractivity contribution in [1.82, 2.24) is 5.43 Å². The van der Waals surface area contributed by atoms with E-state index < -0.39 is 11.9 Å². The van der Waals surface area contributed by atoms with E-state index in [4.69, 9.17) is 37.4 Å². The number of benzene rings is 3. The van der Waals surface area contributed by atoms with Crippen LogP contribution in [0.25, 0.3) is 0 Å². The second-order valence-electron chi connectivity index (χ2n) is 6.44. The summed E-state index contributed by atoms with van der Waals surface area (Å²) in [6.45, 7) is -0.286. The highest BCUT2D eigenvalue weighted by Gasteiger charge is 2.15. The van der Waals surface area contributed by atoms with Gasteiger partial charge in [0.15, 0.2) is 18.1 Å². The number of carbonyl (C=O) groups is 2. The van der Waals surface area contributed by atoms with E-state index in [1.807, 2.05) is 0 Å². The average Bonchev–Trinajstić information content (AvgIpc) is 2.79. The normalized spacial score (nSPS) is 10.7. The van der Waals surface area contributed by atoms with Crippen LogP contribution in [-0.4, -0.2) is 31.8 Å². The number of esters is 1. The summed E-state index contributed by atoms with van der Waals surface area (Å²) in [6.07, 6.45) is 1.41. The summed E-state index contributed by atoms with van der Waals surface area (Å²) in [5.41, 5.74) is 3.34. The summed E-state index contributed by atoms with van der Waals surface area (Å²) >= 11 is 15.1. The van der Waals surface area contributed by atoms with Crippen LogP contribution in [0.2, 0.25) is 10.0 Å². The van der Waals surface area contributed by atoms with Gasteiger partial charge in [-0.05, 0) is 70.0 Å². The van der Waals surface area contributed by atoms with Crippen LogP contribution in [0.3, 0.4) is 0 Å². The lowest BCUT2D eigenvalue weighted by Gasteiger charge is -2.10. The number of nitrogens with one attached hydrogen (secondary N) is 1. The molecule has 0 aliphatic carbocycles. The zero-order valence-electron chi connectivity index (χ0n) is 17.2. The largest absolute Gasteiger partial charge is 0.493 e. The van der Waals surface area contributed by atoms with Gasteiger partial charge in [-0.3, -0.25) is 4.79 Å². The Balaban J connectivity index is 1.58. The number of rotatable bonds is 8. The highest BCUT2D eigenvalue weighted by molar-refractivity contribution is 9.10. The molecule has 3 aromatic carbocycles. The number of halogens is 3. The third-order valence-electron chi connectivity index (χ3n) is 4.14. The van der Waals surface area contributed by atoms with Crippen LogP contribution < -0.4 is 19.6 Å². The molecule has 0 spiro atoms. The van der Waals surface area contributed by atoms with E-state index in [0.717, 1.165) is 0 Å². The molecule has 10 heteroatoms. The fourth-order valence-electron chi connectivity index (χ4n) is 2.58. The molecule has 1 amide bonds. The van der Waals surface area contributed by atoms with Gasteiger partial charge >= 0.3 is 5.97 Å². The quantitative estimate of drug-likeness (QED) is 0.172. The Labute approximate surface area is 208 Å². The van der Waals surface area contributed by atoms with Crippen molar-refractivity contribution in [1.29, 1.82) is 0 Å². The van der Waals surface area contributed by atoms with E-state index in [2.05, 4.69) is 26.5 Å². The smallest absolute Gasteiger partial charge is 0.344 e. The van der Waals surface area contributed by atoms with Crippen LogP contribution in [0.5, 0.6) is 17.2 Å². The Kier molecular flexibility index (Phi) is 8.71. The topological polar surface area (TPSA) is 86.2 Å². The van der Waals surface area contributed by atoms with E-state index in [9.17, 15) is 9.59 Å². The van der Waals surface area contributed by atoms with Crippen molar-refractivity contribution in [2.45, 2.75) is 0 Å². The molecule has 170 valence electrons. The molecule has 7 nitrogen and oxygen atoms in total. The summed E-state index contributed by atoms with van der Waals surface area (Å²) in [7, 11) is 1.45. The fraction of sp³-hybridized carbons (Fsp3) is 0.0870. The second kappa shape index (κ2) is 11.7. The molecule has 0 unspecified atom stereocenters. The van der Waals surface area contributed by atoms with Crippen molar-refractivity contribution in [3.63, 3.8) is 0 Å². The first-order chi connectivity index (χ1) is 15.9. The van der Waals surface area contributed by atoms with E-state index in [1.54, 1.807) is 54.6 Å². The number of hydrogen-bond donors (Lipinski definition) is 1. The molecular weight excluding hydrogens is 535 g/mol. The molecule has 0 aliphatic rings. The Morgan fingerprint density at radius 2 is 1.79 bits per heavy atom. The molecule has 0 aromatic heterocycles. The number of methoxy groups -OCH3 is 1. The van der Waals surface area contributed by atoms with Crippen LogP contribution >= 0.6 is 39.1 Å². The van der Waals surface area contributed by atoms with Crippen LogP contribution in [0.1, 0.15) is 15.9 Å². The Hall–Kier alpha value is -3.07. The monoisotopic (exact) mass is 550 g/mol. The van der Waals surface area contributed by atoms with Crippen LogP contribution in [0.15, 0.2) is 70.2 Å². The number of hydrazone groups is 1. The minimum atomic E-state index is -0.532. The zero-order valence-corrected chi connectivity index (χ0v) is 20.3. The lowest BCUT2D eigenvalue weighted by Crippen LogP contribution is -2.24. The number of ether oxygens (including phenoxy) is 3. The molecule has 3 rings (SSSR count). The first-order valence-corrected chi connectivity index (χ1v) is 11.0. The van der Waals surface area contributed by atoms with Gasteiger partial charge in [-0.1, -0.05) is 35.3 Å². The maximum absolute atomic E-state index is 12.4. The number of nitrogens with zero attached hydrogens (tertiary/aromatic N) is 1. The molecule has 0 radical (unpaired) electrons. The van der Waals surface area contributed by atoms with E-state index in [0.29, 0.717) is 37.1 Å². The molecule has 0 saturated heterocycles. The van der Waals surface area contributed by atoms with Gasteiger partial charge in [0.1, 0.15) is 5.75 Å². The summed E-state index contributed by atoms with van der Waals surface area (Å²) in [5, 5.41) is 4.65. The third kappa shape index (κ3) is 6.95. The van der Waals surface area contributed by atoms with E-state index >= 15 is 0 Å². The highest BCUT2D eigenvalue weighted by Crippen LogP contribution is 2.29. The van der Waals surface area contributed by atoms with E-state index in [1.165, 1.54) is 19.4 Å². The Morgan fingerprint density at radius 3 is 2.52 bits per heavy atom. The van der Waals surface area contributed by atoms with Crippen molar-refractivity contribution in [3.05, 3.63) is 86.3 Å². The first kappa shape index (κ1) is 24.6. The SMILES string of the molecule is COc1cc(/C=N\NC(=O)COc2ccc(Cl)cc2Cl)ccc1OC(=O)c1ccccc1Br. The number of amides is 1. The highest BCUT2D eigenvalue weighted by atomic mass is 79.9. The van der Waals surface area contributed by atoms with Crippen molar-refractivity contribution in [3.8, 4) is 17.2 Å². The lowest BCUT2D eigenvalue weighted by molar-refractivity contribution is -0.123. The summed E-state index contributed by atoms with van der Waals surface area (Å²) in [5.74, 6) is -0.116. The summed E-state index contributed by atoms with van der Waals surface area (Å²) in [6, 6.07) is 16.5. The maximum Gasteiger partial charge on any atom is 0.344 e. The minimum absolute atomic E-state index is 0.243. The predicted octanol–water partition coefficient (Wildman–Crippen LogP) is 5.51. The number of carbonyl (C=O) groups excluding carboxylic acids is 2. The molecular formula is C23H17BrCl2N2O5. The van der Waals surface area contributed by atoms with Crippen molar-refractivity contribution < 1.29 is 23.8 Å². The minimum Gasteiger partial charge on any atom is -0.493 e. The molecule has 3 aromatic rings. The van der Waals surface area contributed by atoms with Gasteiger partial charge in [0.05, 0.1) is 23.9 Å². The molecule has 33 heavy (non-hydrogen) atoms. The molecule has 0 bridgehead atoms.